The number of nitrogens with one attached hydrogen (secondary N) is 1. The summed E-state index contributed by atoms with van der Waals surface area (Å²) < 4.78 is 4.62. The number of carbonyl (C=O) groups is 2. The molecule has 1 aromatic heterocycles. The number of thiophene rings is 1. The zero-order valence-electron chi connectivity index (χ0n) is 11.6. The van der Waals surface area contributed by atoms with Gasteiger partial charge in [0.2, 0.25) is 0 Å². The maximum absolute atomic E-state index is 12.2. The molecular formula is C15H14ClNO3S. The molecule has 1 N–H and O–H groups in total. The van der Waals surface area contributed by atoms with Crippen LogP contribution in [0.2, 0.25) is 5.02 Å². The third kappa shape index (κ3) is 3.62. The van der Waals surface area contributed by atoms with Crippen LogP contribution in [0.4, 0.5) is 0 Å². The molecule has 0 aliphatic heterocycles. The van der Waals surface area contributed by atoms with Gasteiger partial charge in [-0.1, -0.05) is 29.8 Å². The number of esters is 1. The molecule has 1 amide bonds. The number of benzene rings is 1. The lowest BCUT2D eigenvalue weighted by Gasteiger charge is -2.15. The molecule has 4 nitrogen and oxygen atoms in total. The molecule has 0 fully saturated rings. The first-order valence-electron chi connectivity index (χ1n) is 6.26. The first-order valence-corrected chi connectivity index (χ1v) is 7.46. The van der Waals surface area contributed by atoms with Gasteiger partial charge in [-0.15, -0.1) is 11.3 Å². The molecule has 2 aromatic rings. The first-order chi connectivity index (χ1) is 10.0. The SMILES string of the molecule is COC(=O)c1ccc(C(=O)NC(C)c2ccccc2Cl)s1. The number of amides is 1. The van der Waals surface area contributed by atoms with E-state index in [1.807, 2.05) is 25.1 Å². The fraction of sp³-hybridized carbons (Fsp3) is 0.200. The summed E-state index contributed by atoms with van der Waals surface area (Å²) in [5.74, 6) is -0.694. The van der Waals surface area contributed by atoms with Crippen LogP contribution in [0.25, 0.3) is 0 Å². The normalized spacial score (nSPS) is 11.8. The van der Waals surface area contributed by atoms with Crippen LogP contribution < -0.4 is 5.32 Å². The second-order valence-electron chi connectivity index (χ2n) is 4.37. The van der Waals surface area contributed by atoms with Gasteiger partial charge in [-0.2, -0.15) is 0 Å². The third-order valence-corrected chi connectivity index (χ3v) is 4.34. The zero-order valence-corrected chi connectivity index (χ0v) is 13.1. The summed E-state index contributed by atoms with van der Waals surface area (Å²) in [5, 5.41) is 3.46. The standard InChI is InChI=1S/C15H14ClNO3S/c1-9(10-5-3-4-6-11(10)16)17-14(18)12-7-8-13(21-12)15(19)20-2/h3-9H,1-2H3,(H,17,18). The van der Waals surface area contributed by atoms with Crippen molar-refractivity contribution in [2.75, 3.05) is 7.11 Å². The van der Waals surface area contributed by atoms with Gasteiger partial charge in [-0.05, 0) is 30.7 Å². The Labute approximate surface area is 131 Å². The lowest BCUT2D eigenvalue weighted by Crippen LogP contribution is -2.26. The molecule has 0 bridgehead atoms. The second kappa shape index (κ2) is 6.74. The summed E-state index contributed by atoms with van der Waals surface area (Å²) in [7, 11) is 1.31. The van der Waals surface area contributed by atoms with E-state index in [-0.39, 0.29) is 11.9 Å². The Morgan fingerprint density at radius 2 is 1.86 bits per heavy atom. The van der Waals surface area contributed by atoms with Gasteiger partial charge in [-0.25, -0.2) is 4.79 Å². The molecular weight excluding hydrogens is 310 g/mol. The zero-order chi connectivity index (χ0) is 15.4. The van der Waals surface area contributed by atoms with Gasteiger partial charge in [0.05, 0.1) is 18.0 Å². The van der Waals surface area contributed by atoms with E-state index in [1.54, 1.807) is 18.2 Å². The quantitative estimate of drug-likeness (QED) is 0.873. The van der Waals surface area contributed by atoms with E-state index in [0.717, 1.165) is 16.9 Å². The molecule has 0 saturated heterocycles. The monoisotopic (exact) mass is 323 g/mol. The molecule has 1 aromatic carbocycles. The Balaban J connectivity index is 2.09. The summed E-state index contributed by atoms with van der Waals surface area (Å²) in [6.45, 7) is 1.86. The highest BCUT2D eigenvalue weighted by atomic mass is 35.5. The van der Waals surface area contributed by atoms with E-state index in [9.17, 15) is 9.59 Å². The highest BCUT2D eigenvalue weighted by molar-refractivity contribution is 7.15. The Hall–Kier alpha value is -1.85. The van der Waals surface area contributed by atoms with E-state index in [0.29, 0.717) is 14.8 Å². The van der Waals surface area contributed by atoms with Crippen LogP contribution in [0, 0.1) is 0 Å². The van der Waals surface area contributed by atoms with E-state index in [1.165, 1.54) is 7.11 Å². The average molecular weight is 324 g/mol. The highest BCUT2D eigenvalue weighted by Crippen LogP contribution is 2.23. The fourth-order valence-electron chi connectivity index (χ4n) is 1.84. The number of halogens is 1. The second-order valence-corrected chi connectivity index (χ2v) is 5.86. The number of carbonyl (C=O) groups excluding carboxylic acids is 2. The first kappa shape index (κ1) is 15.5. The molecule has 0 spiro atoms. The van der Waals surface area contributed by atoms with Crippen LogP contribution in [0.3, 0.4) is 0 Å². The van der Waals surface area contributed by atoms with Gasteiger partial charge < -0.3 is 10.1 Å². The van der Waals surface area contributed by atoms with Crippen LogP contribution in [-0.2, 0) is 4.74 Å². The van der Waals surface area contributed by atoms with E-state index in [4.69, 9.17) is 11.6 Å². The van der Waals surface area contributed by atoms with Gasteiger partial charge in [0, 0.05) is 5.02 Å². The topological polar surface area (TPSA) is 55.4 Å². The van der Waals surface area contributed by atoms with Gasteiger partial charge >= 0.3 is 5.97 Å². The van der Waals surface area contributed by atoms with Crippen LogP contribution in [0.15, 0.2) is 36.4 Å². The summed E-state index contributed by atoms with van der Waals surface area (Å²) in [6.07, 6.45) is 0. The predicted octanol–water partition coefficient (Wildman–Crippen LogP) is 3.68. The van der Waals surface area contributed by atoms with Gasteiger partial charge in [0.1, 0.15) is 4.88 Å². The number of hydrogen-bond acceptors (Lipinski definition) is 4. The lowest BCUT2D eigenvalue weighted by atomic mass is 10.1. The van der Waals surface area contributed by atoms with Crippen molar-refractivity contribution in [2.45, 2.75) is 13.0 Å². The van der Waals surface area contributed by atoms with Crippen molar-refractivity contribution in [3.05, 3.63) is 56.7 Å². The van der Waals surface area contributed by atoms with Gasteiger partial charge in [0.15, 0.2) is 0 Å². The van der Waals surface area contributed by atoms with Gasteiger partial charge in [-0.3, -0.25) is 4.79 Å². The molecule has 0 saturated carbocycles. The number of methoxy groups -OCH3 is 1. The predicted molar refractivity (Wildman–Crippen MR) is 83.0 cm³/mol. The van der Waals surface area contributed by atoms with E-state index >= 15 is 0 Å². The molecule has 1 unspecified atom stereocenters. The molecule has 2 rings (SSSR count). The molecule has 0 aliphatic rings. The number of rotatable bonds is 4. The van der Waals surface area contributed by atoms with Crippen LogP contribution >= 0.6 is 22.9 Å². The van der Waals surface area contributed by atoms with Crippen molar-refractivity contribution in [1.29, 1.82) is 0 Å². The number of ether oxygens (including phenoxy) is 1. The minimum Gasteiger partial charge on any atom is -0.465 e. The van der Waals surface area contributed by atoms with Crippen molar-refractivity contribution in [3.8, 4) is 0 Å². The van der Waals surface area contributed by atoms with E-state index in [2.05, 4.69) is 10.1 Å². The molecule has 1 heterocycles. The average Bonchev–Trinajstić information content (AvgIpc) is 2.96. The Morgan fingerprint density at radius 1 is 1.19 bits per heavy atom. The van der Waals surface area contributed by atoms with Crippen LogP contribution in [0.5, 0.6) is 0 Å². The maximum Gasteiger partial charge on any atom is 0.348 e. The molecule has 0 aliphatic carbocycles. The third-order valence-electron chi connectivity index (χ3n) is 2.94. The molecule has 1 atom stereocenters. The Kier molecular flexibility index (Phi) is 4.98. The summed E-state index contributed by atoms with van der Waals surface area (Å²) in [5.41, 5.74) is 0.845. The fourth-order valence-corrected chi connectivity index (χ4v) is 2.97. The minimum atomic E-state index is -0.446. The van der Waals surface area contributed by atoms with Crippen molar-refractivity contribution in [1.82, 2.24) is 5.32 Å². The summed E-state index contributed by atoms with van der Waals surface area (Å²) in [6, 6.07) is 10.3. The van der Waals surface area contributed by atoms with Crippen LogP contribution in [-0.4, -0.2) is 19.0 Å². The van der Waals surface area contributed by atoms with Crippen molar-refractivity contribution in [3.63, 3.8) is 0 Å². The van der Waals surface area contributed by atoms with Gasteiger partial charge in [0.25, 0.3) is 5.91 Å². The minimum absolute atomic E-state index is 0.227. The summed E-state index contributed by atoms with van der Waals surface area (Å²) >= 11 is 7.20. The largest absolute Gasteiger partial charge is 0.465 e. The Morgan fingerprint density at radius 3 is 2.52 bits per heavy atom. The molecule has 0 radical (unpaired) electrons. The smallest absolute Gasteiger partial charge is 0.348 e. The van der Waals surface area contributed by atoms with E-state index < -0.39 is 5.97 Å². The van der Waals surface area contributed by atoms with Crippen LogP contribution in [0.1, 0.15) is 37.9 Å². The molecule has 6 heteroatoms. The van der Waals surface area contributed by atoms with Crippen molar-refractivity contribution in [2.24, 2.45) is 0 Å². The molecule has 110 valence electrons. The maximum atomic E-state index is 12.2. The number of hydrogen-bond donors (Lipinski definition) is 1. The van der Waals surface area contributed by atoms with Crippen molar-refractivity contribution < 1.29 is 14.3 Å². The van der Waals surface area contributed by atoms with Crippen molar-refractivity contribution >= 4 is 34.8 Å². The summed E-state index contributed by atoms with van der Waals surface area (Å²) in [4.78, 5) is 24.4. The molecule has 21 heavy (non-hydrogen) atoms. The lowest BCUT2D eigenvalue weighted by molar-refractivity contribution is 0.0606. The Bertz CT molecular complexity index is 668. The highest BCUT2D eigenvalue weighted by Gasteiger charge is 2.17.